The molecule has 0 aliphatic carbocycles. The van der Waals surface area contributed by atoms with Crippen LogP contribution in [0.4, 0.5) is 0 Å². The van der Waals surface area contributed by atoms with Crippen molar-refractivity contribution in [3.63, 3.8) is 0 Å². The van der Waals surface area contributed by atoms with Crippen molar-refractivity contribution in [1.29, 1.82) is 0 Å². The van der Waals surface area contributed by atoms with Gasteiger partial charge in [-0.25, -0.2) is 0 Å². The number of carbonyl (C=O) groups is 2. The van der Waals surface area contributed by atoms with Gasteiger partial charge in [-0.05, 0) is 43.2 Å². The van der Waals surface area contributed by atoms with Gasteiger partial charge >= 0.3 is 0 Å². The Morgan fingerprint density at radius 1 is 1.15 bits per heavy atom. The first-order chi connectivity index (χ1) is 12.5. The first-order valence-corrected chi connectivity index (χ1v) is 9.82. The number of amides is 2. The molecule has 1 atom stereocenters. The Balaban J connectivity index is 1.63. The summed E-state index contributed by atoms with van der Waals surface area (Å²) in [7, 11) is 0. The molecule has 1 heterocycles. The van der Waals surface area contributed by atoms with E-state index in [1.54, 1.807) is 0 Å². The summed E-state index contributed by atoms with van der Waals surface area (Å²) in [5.41, 5.74) is 1.33. The molecule has 1 aliphatic heterocycles. The summed E-state index contributed by atoms with van der Waals surface area (Å²) < 4.78 is 0. The molecule has 2 N–H and O–H groups in total. The first-order valence-electron chi connectivity index (χ1n) is 9.82. The molecular formula is C21H33N3O2. The maximum Gasteiger partial charge on any atom is 0.239 e. The molecular weight excluding hydrogens is 326 g/mol. The molecule has 0 saturated carbocycles. The molecule has 1 aliphatic rings. The van der Waals surface area contributed by atoms with Gasteiger partial charge in [0.25, 0.3) is 0 Å². The van der Waals surface area contributed by atoms with Gasteiger partial charge in [0.1, 0.15) is 0 Å². The summed E-state index contributed by atoms with van der Waals surface area (Å²) in [5, 5.41) is 5.68. The third-order valence-electron chi connectivity index (χ3n) is 4.83. The SMILES string of the molecule is CC(C)CCC(=O)NCC(=O)NCC1CCCN(Cc2ccccc2)C1. The highest BCUT2D eigenvalue weighted by Gasteiger charge is 2.20. The molecule has 26 heavy (non-hydrogen) atoms. The highest BCUT2D eigenvalue weighted by atomic mass is 16.2. The molecule has 1 saturated heterocycles. The van der Waals surface area contributed by atoms with Gasteiger partial charge in [-0.1, -0.05) is 44.2 Å². The van der Waals surface area contributed by atoms with Gasteiger partial charge in [0.05, 0.1) is 6.54 Å². The summed E-state index contributed by atoms with van der Waals surface area (Å²) in [6.45, 7) is 8.04. The summed E-state index contributed by atoms with van der Waals surface area (Å²) >= 11 is 0. The fraction of sp³-hybridized carbons (Fsp3) is 0.619. The van der Waals surface area contributed by atoms with Crippen molar-refractivity contribution in [2.45, 2.75) is 46.1 Å². The van der Waals surface area contributed by atoms with E-state index in [-0.39, 0.29) is 18.4 Å². The summed E-state index contributed by atoms with van der Waals surface area (Å²) in [5.74, 6) is 0.844. The predicted molar refractivity (Wildman–Crippen MR) is 105 cm³/mol. The number of likely N-dealkylation sites (tertiary alicyclic amines) is 1. The second-order valence-corrected chi connectivity index (χ2v) is 7.74. The number of hydrogen-bond acceptors (Lipinski definition) is 3. The summed E-state index contributed by atoms with van der Waals surface area (Å²) in [4.78, 5) is 26.1. The molecule has 5 nitrogen and oxygen atoms in total. The molecule has 0 radical (unpaired) electrons. The number of benzene rings is 1. The molecule has 0 bridgehead atoms. The zero-order chi connectivity index (χ0) is 18.8. The van der Waals surface area contributed by atoms with Crippen LogP contribution in [0, 0.1) is 11.8 Å². The van der Waals surface area contributed by atoms with E-state index < -0.39 is 0 Å². The predicted octanol–water partition coefficient (Wildman–Crippen LogP) is 2.57. The van der Waals surface area contributed by atoms with E-state index in [2.05, 4.69) is 53.6 Å². The fourth-order valence-electron chi connectivity index (χ4n) is 3.31. The second kappa shape index (κ2) is 11.0. The van der Waals surface area contributed by atoms with Crippen molar-refractivity contribution in [2.75, 3.05) is 26.2 Å². The van der Waals surface area contributed by atoms with Crippen LogP contribution >= 0.6 is 0 Å². The van der Waals surface area contributed by atoms with E-state index in [4.69, 9.17) is 0 Å². The zero-order valence-electron chi connectivity index (χ0n) is 16.2. The van der Waals surface area contributed by atoms with Crippen molar-refractivity contribution in [3.8, 4) is 0 Å². The maximum atomic E-state index is 12.0. The molecule has 1 unspecified atom stereocenters. The van der Waals surface area contributed by atoms with E-state index in [1.807, 2.05) is 6.07 Å². The third-order valence-corrected chi connectivity index (χ3v) is 4.83. The first kappa shape index (κ1) is 20.4. The molecule has 2 rings (SSSR count). The Morgan fingerprint density at radius 3 is 2.65 bits per heavy atom. The third kappa shape index (κ3) is 8.00. The average molecular weight is 360 g/mol. The van der Waals surface area contributed by atoms with Crippen molar-refractivity contribution in [1.82, 2.24) is 15.5 Å². The lowest BCUT2D eigenvalue weighted by molar-refractivity contribution is -0.126. The monoisotopic (exact) mass is 359 g/mol. The largest absolute Gasteiger partial charge is 0.354 e. The van der Waals surface area contributed by atoms with Crippen molar-refractivity contribution in [2.24, 2.45) is 11.8 Å². The van der Waals surface area contributed by atoms with Crippen molar-refractivity contribution in [3.05, 3.63) is 35.9 Å². The smallest absolute Gasteiger partial charge is 0.239 e. The van der Waals surface area contributed by atoms with Crippen molar-refractivity contribution < 1.29 is 9.59 Å². The van der Waals surface area contributed by atoms with Crippen molar-refractivity contribution >= 4 is 11.8 Å². The van der Waals surface area contributed by atoms with E-state index in [0.29, 0.717) is 24.8 Å². The van der Waals surface area contributed by atoms with Gasteiger partial charge in [0.2, 0.25) is 11.8 Å². The average Bonchev–Trinajstić information content (AvgIpc) is 2.64. The second-order valence-electron chi connectivity index (χ2n) is 7.74. The molecule has 0 aromatic heterocycles. The Kier molecular flexibility index (Phi) is 8.62. The summed E-state index contributed by atoms with van der Waals surface area (Å²) in [6, 6.07) is 10.5. The lowest BCUT2D eigenvalue weighted by atomic mass is 9.97. The van der Waals surface area contributed by atoms with Crippen LogP contribution in [0.1, 0.15) is 45.1 Å². The minimum Gasteiger partial charge on any atom is -0.354 e. The minimum atomic E-state index is -0.0944. The lowest BCUT2D eigenvalue weighted by Gasteiger charge is -2.32. The van der Waals surface area contributed by atoms with Gasteiger partial charge in [-0.2, -0.15) is 0 Å². The molecule has 1 aromatic rings. The van der Waals surface area contributed by atoms with Gasteiger partial charge in [-0.15, -0.1) is 0 Å². The number of piperidine rings is 1. The number of carbonyl (C=O) groups excluding carboxylic acids is 2. The highest BCUT2D eigenvalue weighted by molar-refractivity contribution is 5.84. The molecule has 1 fully saturated rings. The molecule has 5 heteroatoms. The van der Waals surface area contributed by atoms with E-state index >= 15 is 0 Å². The van der Waals surface area contributed by atoms with Crippen LogP contribution in [-0.2, 0) is 16.1 Å². The van der Waals surface area contributed by atoms with Gasteiger partial charge in [0.15, 0.2) is 0 Å². The standard InChI is InChI=1S/C21H33N3O2/c1-17(2)10-11-20(25)23-14-21(26)22-13-19-9-6-12-24(16-19)15-18-7-4-3-5-8-18/h3-5,7-8,17,19H,6,9-16H2,1-2H3,(H,22,26)(H,23,25). The van der Waals surface area contributed by atoms with Crippen LogP contribution < -0.4 is 10.6 Å². The normalized spacial score (nSPS) is 17.9. The Morgan fingerprint density at radius 2 is 1.92 bits per heavy atom. The Labute approximate surface area is 157 Å². The van der Waals surface area contributed by atoms with E-state index in [0.717, 1.165) is 32.5 Å². The van der Waals surface area contributed by atoms with Crippen LogP contribution in [0.2, 0.25) is 0 Å². The number of rotatable bonds is 9. The van der Waals surface area contributed by atoms with Crippen LogP contribution in [-0.4, -0.2) is 42.9 Å². The fourth-order valence-corrected chi connectivity index (χ4v) is 3.31. The molecule has 144 valence electrons. The van der Waals surface area contributed by atoms with Crippen LogP contribution in [0.15, 0.2) is 30.3 Å². The van der Waals surface area contributed by atoms with E-state index in [1.165, 1.54) is 12.0 Å². The quantitative estimate of drug-likeness (QED) is 0.712. The molecule has 0 spiro atoms. The minimum absolute atomic E-state index is 0.0412. The number of hydrogen-bond donors (Lipinski definition) is 2. The van der Waals surface area contributed by atoms with Gasteiger partial charge in [0, 0.05) is 26.1 Å². The lowest BCUT2D eigenvalue weighted by Crippen LogP contribution is -2.43. The van der Waals surface area contributed by atoms with Crippen LogP contribution in [0.3, 0.4) is 0 Å². The Bertz CT molecular complexity index is 560. The van der Waals surface area contributed by atoms with Crippen LogP contribution in [0.5, 0.6) is 0 Å². The zero-order valence-corrected chi connectivity index (χ0v) is 16.2. The topological polar surface area (TPSA) is 61.4 Å². The maximum absolute atomic E-state index is 12.0. The number of nitrogens with one attached hydrogen (secondary N) is 2. The van der Waals surface area contributed by atoms with Gasteiger partial charge in [-0.3, -0.25) is 14.5 Å². The number of nitrogens with zero attached hydrogens (tertiary/aromatic N) is 1. The summed E-state index contributed by atoms with van der Waals surface area (Å²) in [6.07, 6.45) is 3.65. The van der Waals surface area contributed by atoms with E-state index in [9.17, 15) is 9.59 Å². The highest BCUT2D eigenvalue weighted by Crippen LogP contribution is 2.18. The Hall–Kier alpha value is -1.88. The van der Waals surface area contributed by atoms with Gasteiger partial charge < -0.3 is 10.6 Å². The molecule has 2 amide bonds. The molecule has 1 aromatic carbocycles. The van der Waals surface area contributed by atoms with Crippen LogP contribution in [0.25, 0.3) is 0 Å².